The predicted molar refractivity (Wildman–Crippen MR) is 119 cm³/mol. The van der Waals surface area contributed by atoms with Crippen molar-refractivity contribution >= 4 is 17.3 Å². The maximum Gasteiger partial charge on any atom is 0.274 e. The molecule has 1 saturated heterocycles. The molecule has 0 unspecified atom stereocenters. The Kier molecular flexibility index (Phi) is 6.66. The van der Waals surface area contributed by atoms with Crippen molar-refractivity contribution < 1.29 is 27.8 Å². The van der Waals surface area contributed by atoms with Crippen LogP contribution in [0.25, 0.3) is 11.4 Å². The van der Waals surface area contributed by atoms with Crippen LogP contribution in [0, 0.1) is 17.5 Å². The van der Waals surface area contributed by atoms with Crippen molar-refractivity contribution in [2.75, 3.05) is 30.5 Å². The normalized spacial score (nSPS) is 17.6. The molecule has 0 radical (unpaired) electrons. The number of nitrogens with zero attached hydrogens (tertiary/aromatic N) is 3. The van der Waals surface area contributed by atoms with E-state index in [1.165, 1.54) is 37.6 Å². The quantitative estimate of drug-likeness (QED) is 0.505. The summed E-state index contributed by atoms with van der Waals surface area (Å²) < 4.78 is 47.4. The van der Waals surface area contributed by atoms with E-state index in [2.05, 4.69) is 15.3 Å². The van der Waals surface area contributed by atoms with Gasteiger partial charge in [0.1, 0.15) is 17.3 Å². The van der Waals surface area contributed by atoms with Gasteiger partial charge >= 0.3 is 0 Å². The van der Waals surface area contributed by atoms with Crippen molar-refractivity contribution in [2.24, 2.45) is 5.73 Å². The summed E-state index contributed by atoms with van der Waals surface area (Å²) >= 11 is 0. The van der Waals surface area contributed by atoms with Gasteiger partial charge in [-0.1, -0.05) is 0 Å². The number of nitrogens with two attached hydrogens (primary N) is 1. The van der Waals surface area contributed by atoms with Crippen molar-refractivity contribution in [3.05, 3.63) is 65.7 Å². The van der Waals surface area contributed by atoms with Gasteiger partial charge in [-0.05, 0) is 42.8 Å². The second kappa shape index (κ2) is 9.65. The second-order valence-corrected chi connectivity index (χ2v) is 7.80. The van der Waals surface area contributed by atoms with E-state index >= 15 is 0 Å². The molecule has 0 spiro atoms. The summed E-state index contributed by atoms with van der Waals surface area (Å²) in [6.07, 6.45) is 1.76. The van der Waals surface area contributed by atoms with E-state index in [4.69, 9.17) is 10.5 Å². The number of aliphatic hydroxyl groups is 1. The number of aromatic nitrogens is 2. The Morgan fingerprint density at radius 3 is 2.79 bits per heavy atom. The van der Waals surface area contributed by atoms with Crippen LogP contribution in [-0.2, 0) is 0 Å². The summed E-state index contributed by atoms with van der Waals surface area (Å²) in [6.45, 7) is 0.255. The van der Waals surface area contributed by atoms with Crippen LogP contribution in [0.4, 0.5) is 24.5 Å². The van der Waals surface area contributed by atoms with Crippen molar-refractivity contribution in [3.63, 3.8) is 0 Å². The molecule has 178 valence electrons. The number of hydrogen-bond donors (Lipinski definition) is 3. The zero-order valence-electron chi connectivity index (χ0n) is 18.1. The first-order valence-electron chi connectivity index (χ1n) is 10.4. The minimum absolute atomic E-state index is 0.00991. The van der Waals surface area contributed by atoms with E-state index in [1.54, 1.807) is 4.90 Å². The Balaban J connectivity index is 1.67. The molecule has 1 aliphatic heterocycles. The van der Waals surface area contributed by atoms with Crippen molar-refractivity contribution in [1.82, 2.24) is 9.97 Å². The van der Waals surface area contributed by atoms with Crippen LogP contribution in [0.3, 0.4) is 0 Å². The van der Waals surface area contributed by atoms with Crippen LogP contribution < -0.4 is 20.7 Å². The number of halogens is 3. The van der Waals surface area contributed by atoms with E-state index in [1.807, 2.05) is 0 Å². The van der Waals surface area contributed by atoms with E-state index in [0.717, 1.165) is 12.1 Å². The lowest BCUT2D eigenvalue weighted by molar-refractivity contribution is 0.102. The number of anilines is 2. The van der Waals surface area contributed by atoms with E-state index in [9.17, 15) is 23.1 Å². The molecule has 11 heteroatoms. The molecule has 2 aromatic carbocycles. The molecule has 1 amide bonds. The number of carbonyl (C=O) groups is 1. The molecule has 1 aromatic heterocycles. The highest BCUT2D eigenvalue weighted by Crippen LogP contribution is 2.34. The van der Waals surface area contributed by atoms with Gasteiger partial charge in [0.15, 0.2) is 17.5 Å². The molecule has 4 N–H and O–H groups in total. The fourth-order valence-electron chi connectivity index (χ4n) is 3.98. The van der Waals surface area contributed by atoms with Crippen molar-refractivity contribution in [1.29, 1.82) is 0 Å². The molecule has 2 atom stereocenters. The van der Waals surface area contributed by atoms with Crippen LogP contribution >= 0.6 is 0 Å². The van der Waals surface area contributed by atoms with Gasteiger partial charge in [0.2, 0.25) is 0 Å². The van der Waals surface area contributed by atoms with Gasteiger partial charge in [0.25, 0.3) is 5.91 Å². The maximum absolute atomic E-state index is 14.5. The van der Waals surface area contributed by atoms with Crippen LogP contribution in [0.5, 0.6) is 5.75 Å². The topological polar surface area (TPSA) is 114 Å². The van der Waals surface area contributed by atoms with Gasteiger partial charge in [-0.2, -0.15) is 0 Å². The predicted octanol–water partition coefficient (Wildman–Crippen LogP) is 2.72. The Bertz CT molecular complexity index is 1230. The van der Waals surface area contributed by atoms with E-state index in [-0.39, 0.29) is 47.2 Å². The zero-order chi connectivity index (χ0) is 24.4. The maximum atomic E-state index is 14.5. The summed E-state index contributed by atoms with van der Waals surface area (Å²) in [6, 6.07) is 6.81. The van der Waals surface area contributed by atoms with Crippen LogP contribution in [-0.4, -0.2) is 53.3 Å². The van der Waals surface area contributed by atoms with E-state index in [0.29, 0.717) is 18.7 Å². The summed E-state index contributed by atoms with van der Waals surface area (Å²) in [5.74, 6) is -3.92. The molecule has 0 bridgehead atoms. The fourth-order valence-corrected chi connectivity index (χ4v) is 3.98. The number of benzene rings is 2. The standard InChI is InChI=1S/C23H22F3N5O3/c1-34-19-5-3-15(25)21(26)20(19)22-28-7-6-16(29-22)23(33)30-17-8-12(24)2-4-18(17)31-10-13(27)9-14(31)11-32/h2-8,13-14,32H,9-11,27H2,1H3,(H,30,33)/t13-,14-/m0/s1. The first-order chi connectivity index (χ1) is 16.3. The molecule has 1 aliphatic rings. The minimum Gasteiger partial charge on any atom is -0.496 e. The van der Waals surface area contributed by atoms with Crippen LogP contribution in [0.1, 0.15) is 16.9 Å². The van der Waals surface area contributed by atoms with Gasteiger partial charge in [0.05, 0.1) is 36.7 Å². The Hall–Kier alpha value is -3.70. The van der Waals surface area contributed by atoms with Gasteiger partial charge < -0.3 is 25.8 Å². The molecule has 0 saturated carbocycles. The van der Waals surface area contributed by atoms with Gasteiger partial charge in [-0.3, -0.25) is 4.79 Å². The van der Waals surface area contributed by atoms with Crippen LogP contribution in [0.15, 0.2) is 42.6 Å². The lowest BCUT2D eigenvalue weighted by Gasteiger charge is -2.27. The van der Waals surface area contributed by atoms with Crippen LogP contribution in [0.2, 0.25) is 0 Å². The smallest absolute Gasteiger partial charge is 0.274 e. The average Bonchev–Trinajstić information content (AvgIpc) is 3.21. The molecule has 0 aliphatic carbocycles. The van der Waals surface area contributed by atoms with Gasteiger partial charge in [-0.15, -0.1) is 0 Å². The lowest BCUT2D eigenvalue weighted by atomic mass is 10.1. The number of methoxy groups -OCH3 is 1. The number of rotatable bonds is 6. The van der Waals surface area contributed by atoms with Gasteiger partial charge in [0, 0.05) is 18.8 Å². The highest BCUT2D eigenvalue weighted by atomic mass is 19.2. The number of amides is 1. The lowest BCUT2D eigenvalue weighted by Crippen LogP contribution is -2.33. The third-order valence-corrected chi connectivity index (χ3v) is 5.56. The second-order valence-electron chi connectivity index (χ2n) is 7.80. The fraction of sp³-hybridized carbons (Fsp3) is 0.261. The summed E-state index contributed by atoms with van der Waals surface area (Å²) in [4.78, 5) is 22.8. The Labute approximate surface area is 193 Å². The third-order valence-electron chi connectivity index (χ3n) is 5.56. The molecule has 1 fully saturated rings. The molecule has 2 heterocycles. The summed E-state index contributed by atoms with van der Waals surface area (Å²) in [5.41, 5.74) is 6.15. The highest BCUT2D eigenvalue weighted by Gasteiger charge is 2.31. The molecular formula is C23H22F3N5O3. The summed E-state index contributed by atoms with van der Waals surface area (Å²) in [7, 11) is 1.28. The number of carbonyl (C=O) groups excluding carboxylic acids is 1. The largest absolute Gasteiger partial charge is 0.496 e. The minimum atomic E-state index is -1.22. The number of nitrogens with one attached hydrogen (secondary N) is 1. The molecule has 8 nitrogen and oxygen atoms in total. The summed E-state index contributed by atoms with van der Waals surface area (Å²) in [5, 5.41) is 12.3. The van der Waals surface area contributed by atoms with Crippen molar-refractivity contribution in [2.45, 2.75) is 18.5 Å². The molecule has 3 aromatic rings. The van der Waals surface area contributed by atoms with E-state index < -0.39 is 23.4 Å². The highest BCUT2D eigenvalue weighted by molar-refractivity contribution is 6.05. The average molecular weight is 473 g/mol. The monoisotopic (exact) mass is 473 g/mol. The number of hydrogen-bond acceptors (Lipinski definition) is 7. The SMILES string of the molecule is COc1ccc(F)c(F)c1-c1nccc(C(=O)Nc2cc(F)ccc2N2C[C@@H](N)C[C@H]2CO)n1. The molecular weight excluding hydrogens is 451 g/mol. The Morgan fingerprint density at radius 2 is 2.06 bits per heavy atom. The number of ether oxygens (including phenoxy) is 1. The first-order valence-corrected chi connectivity index (χ1v) is 10.4. The third kappa shape index (κ3) is 4.52. The molecule has 34 heavy (non-hydrogen) atoms. The zero-order valence-corrected chi connectivity index (χ0v) is 18.1. The first kappa shape index (κ1) is 23.5. The Morgan fingerprint density at radius 1 is 1.26 bits per heavy atom. The van der Waals surface area contributed by atoms with Crippen molar-refractivity contribution in [3.8, 4) is 17.1 Å². The van der Waals surface area contributed by atoms with Gasteiger partial charge in [-0.25, -0.2) is 23.1 Å². The molecule has 4 rings (SSSR count). The number of aliphatic hydroxyl groups excluding tert-OH is 1.